The molecule has 2 bridgehead atoms. The molecule has 2 unspecified atom stereocenters. The zero-order valence-corrected chi connectivity index (χ0v) is 8.79. The first-order valence-electron chi connectivity index (χ1n) is 5.68. The lowest BCUT2D eigenvalue weighted by atomic mass is 9.69. The van der Waals surface area contributed by atoms with E-state index in [9.17, 15) is 0 Å². The smallest absolute Gasteiger partial charge is 0.00219 e. The molecule has 3 aliphatic carbocycles. The molecule has 0 heterocycles. The molecular formula is C13H20. The summed E-state index contributed by atoms with van der Waals surface area (Å²) in [6, 6.07) is 0. The van der Waals surface area contributed by atoms with Crippen LogP contribution in [0.15, 0.2) is 23.8 Å². The van der Waals surface area contributed by atoms with Gasteiger partial charge in [0.05, 0.1) is 0 Å². The van der Waals surface area contributed by atoms with Crippen molar-refractivity contribution in [1.29, 1.82) is 0 Å². The first-order chi connectivity index (χ1) is 6.31. The van der Waals surface area contributed by atoms with Gasteiger partial charge in [-0.15, -0.1) is 0 Å². The van der Waals surface area contributed by atoms with Crippen LogP contribution in [0, 0.1) is 17.8 Å². The fourth-order valence-electron chi connectivity index (χ4n) is 2.71. The summed E-state index contributed by atoms with van der Waals surface area (Å²) in [7, 11) is 0. The summed E-state index contributed by atoms with van der Waals surface area (Å²) in [6.07, 6.45) is 13.0. The van der Waals surface area contributed by atoms with Crippen molar-refractivity contribution >= 4 is 0 Å². The van der Waals surface area contributed by atoms with Crippen molar-refractivity contribution in [3.05, 3.63) is 23.8 Å². The van der Waals surface area contributed by atoms with Crippen LogP contribution in [0.1, 0.15) is 39.5 Å². The molecule has 0 N–H and O–H groups in total. The van der Waals surface area contributed by atoms with Crippen molar-refractivity contribution in [2.24, 2.45) is 17.8 Å². The van der Waals surface area contributed by atoms with Gasteiger partial charge in [-0.25, -0.2) is 0 Å². The first kappa shape index (κ1) is 9.05. The van der Waals surface area contributed by atoms with Crippen LogP contribution in [0.3, 0.4) is 0 Å². The quantitative estimate of drug-likeness (QED) is 0.571. The monoisotopic (exact) mass is 176 g/mol. The molecule has 0 radical (unpaired) electrons. The second-order valence-corrected chi connectivity index (χ2v) is 4.62. The highest BCUT2D eigenvalue weighted by molar-refractivity contribution is 5.26. The van der Waals surface area contributed by atoms with E-state index in [0.717, 1.165) is 17.8 Å². The molecule has 3 rings (SSSR count). The minimum atomic E-state index is 0.775. The Kier molecular flexibility index (Phi) is 2.57. The van der Waals surface area contributed by atoms with Gasteiger partial charge in [-0.3, -0.25) is 0 Å². The molecule has 13 heavy (non-hydrogen) atoms. The molecular weight excluding hydrogens is 156 g/mol. The Bertz CT molecular complexity index is 234. The molecule has 0 nitrogen and oxygen atoms in total. The molecule has 0 saturated heterocycles. The molecule has 0 fully saturated rings. The van der Waals surface area contributed by atoms with Gasteiger partial charge < -0.3 is 0 Å². The lowest BCUT2D eigenvalue weighted by Gasteiger charge is -2.36. The predicted molar refractivity (Wildman–Crippen MR) is 57.5 cm³/mol. The zero-order chi connectivity index (χ0) is 9.26. The van der Waals surface area contributed by atoms with E-state index in [2.05, 4.69) is 32.1 Å². The van der Waals surface area contributed by atoms with Crippen LogP contribution >= 0.6 is 0 Å². The standard InChI is InChI=1S/C13H20/c1-3-4-5-12-9-11-6-7-13(12)8-10(11)2/h6-8,11-13H,3-5,9H2,1-2H3/t11-,12?,13?/m0/s1. The number of unbranched alkanes of at least 4 members (excludes halogenated alkanes) is 1. The Labute approximate surface area is 81.7 Å². The largest absolute Gasteiger partial charge is 0.0807 e. The van der Waals surface area contributed by atoms with Gasteiger partial charge in [0.25, 0.3) is 0 Å². The van der Waals surface area contributed by atoms with Crippen LogP contribution in [0.25, 0.3) is 0 Å². The second kappa shape index (κ2) is 3.69. The van der Waals surface area contributed by atoms with Crippen molar-refractivity contribution in [2.45, 2.75) is 39.5 Å². The molecule has 0 heteroatoms. The van der Waals surface area contributed by atoms with E-state index in [0.29, 0.717) is 0 Å². The molecule has 0 aromatic heterocycles. The van der Waals surface area contributed by atoms with E-state index in [1.165, 1.54) is 25.7 Å². The minimum Gasteiger partial charge on any atom is -0.0807 e. The van der Waals surface area contributed by atoms with Gasteiger partial charge in [0.2, 0.25) is 0 Å². The van der Waals surface area contributed by atoms with Gasteiger partial charge >= 0.3 is 0 Å². The van der Waals surface area contributed by atoms with Crippen molar-refractivity contribution in [3.8, 4) is 0 Å². The van der Waals surface area contributed by atoms with E-state index in [1.54, 1.807) is 5.57 Å². The molecule has 3 atom stereocenters. The summed E-state index contributed by atoms with van der Waals surface area (Å²) in [5, 5.41) is 0. The Morgan fingerprint density at radius 1 is 1.38 bits per heavy atom. The topological polar surface area (TPSA) is 0 Å². The second-order valence-electron chi connectivity index (χ2n) is 4.62. The Balaban J connectivity index is 2.00. The maximum Gasteiger partial charge on any atom is -0.00219 e. The van der Waals surface area contributed by atoms with Crippen LogP contribution in [0.5, 0.6) is 0 Å². The first-order valence-corrected chi connectivity index (χ1v) is 5.68. The van der Waals surface area contributed by atoms with E-state index in [-0.39, 0.29) is 0 Å². The lowest BCUT2D eigenvalue weighted by molar-refractivity contribution is 0.314. The van der Waals surface area contributed by atoms with E-state index in [1.807, 2.05) is 0 Å². The predicted octanol–water partition coefficient (Wildman–Crippen LogP) is 3.95. The molecule has 0 aromatic carbocycles. The fourth-order valence-corrected chi connectivity index (χ4v) is 2.71. The Morgan fingerprint density at radius 3 is 2.77 bits per heavy atom. The number of rotatable bonds is 3. The average molecular weight is 176 g/mol. The van der Waals surface area contributed by atoms with Crippen LogP contribution < -0.4 is 0 Å². The minimum absolute atomic E-state index is 0.775. The van der Waals surface area contributed by atoms with Crippen molar-refractivity contribution in [1.82, 2.24) is 0 Å². The summed E-state index contributed by atoms with van der Waals surface area (Å²) < 4.78 is 0. The summed E-state index contributed by atoms with van der Waals surface area (Å²) in [5.74, 6) is 2.52. The van der Waals surface area contributed by atoms with Crippen LogP contribution in [-0.4, -0.2) is 0 Å². The summed E-state index contributed by atoms with van der Waals surface area (Å²) in [5.41, 5.74) is 1.61. The Hall–Kier alpha value is -0.520. The number of hydrogen-bond donors (Lipinski definition) is 0. The highest BCUT2D eigenvalue weighted by atomic mass is 14.3. The average Bonchev–Trinajstić information content (AvgIpc) is 2.16. The van der Waals surface area contributed by atoms with E-state index >= 15 is 0 Å². The van der Waals surface area contributed by atoms with Gasteiger partial charge in [0, 0.05) is 0 Å². The normalized spacial score (nSPS) is 36.5. The molecule has 0 spiro atoms. The van der Waals surface area contributed by atoms with Crippen LogP contribution in [0.4, 0.5) is 0 Å². The zero-order valence-electron chi connectivity index (χ0n) is 8.79. The van der Waals surface area contributed by atoms with Gasteiger partial charge in [-0.05, 0) is 37.5 Å². The molecule has 0 aliphatic heterocycles. The molecule has 0 saturated carbocycles. The van der Waals surface area contributed by atoms with E-state index in [4.69, 9.17) is 0 Å². The van der Waals surface area contributed by atoms with Crippen molar-refractivity contribution < 1.29 is 0 Å². The molecule has 0 aromatic rings. The van der Waals surface area contributed by atoms with Crippen molar-refractivity contribution in [2.75, 3.05) is 0 Å². The molecule has 72 valence electrons. The highest BCUT2D eigenvalue weighted by Gasteiger charge is 2.29. The SMILES string of the molecule is CCCCC1C[C@@H]2C=CC1C=C2C. The maximum atomic E-state index is 2.49. The van der Waals surface area contributed by atoms with Crippen molar-refractivity contribution in [3.63, 3.8) is 0 Å². The number of allylic oxidation sites excluding steroid dienone is 4. The van der Waals surface area contributed by atoms with E-state index < -0.39 is 0 Å². The summed E-state index contributed by atoms with van der Waals surface area (Å²) in [4.78, 5) is 0. The number of hydrogen-bond acceptors (Lipinski definition) is 0. The Morgan fingerprint density at radius 2 is 2.23 bits per heavy atom. The van der Waals surface area contributed by atoms with Crippen LogP contribution in [0.2, 0.25) is 0 Å². The van der Waals surface area contributed by atoms with Gasteiger partial charge in [-0.2, -0.15) is 0 Å². The van der Waals surface area contributed by atoms with Gasteiger partial charge in [0.1, 0.15) is 0 Å². The number of fused-ring (bicyclic) bond motifs is 1. The van der Waals surface area contributed by atoms with Gasteiger partial charge in [-0.1, -0.05) is 43.6 Å². The van der Waals surface area contributed by atoms with Crippen LogP contribution in [-0.2, 0) is 0 Å². The highest BCUT2D eigenvalue weighted by Crippen LogP contribution is 2.41. The summed E-state index contributed by atoms with van der Waals surface area (Å²) in [6.45, 7) is 4.58. The third-order valence-corrected chi connectivity index (χ3v) is 3.64. The van der Waals surface area contributed by atoms with Gasteiger partial charge in [0.15, 0.2) is 0 Å². The maximum absolute atomic E-state index is 2.49. The third-order valence-electron chi connectivity index (χ3n) is 3.64. The fraction of sp³-hybridized carbons (Fsp3) is 0.692. The molecule has 0 amide bonds. The molecule has 3 aliphatic rings. The summed E-state index contributed by atoms with van der Waals surface area (Å²) >= 11 is 0. The lowest BCUT2D eigenvalue weighted by Crippen LogP contribution is -2.25. The third kappa shape index (κ3) is 1.72.